The first-order valence-corrected chi connectivity index (χ1v) is 5.15. The minimum Gasteiger partial charge on any atom is -0.392 e. The molecule has 80 valence electrons. The first-order valence-electron chi connectivity index (χ1n) is 4.74. The Morgan fingerprint density at radius 2 is 2.43 bits per heavy atom. The van der Waals surface area contributed by atoms with Crippen molar-refractivity contribution in [3.05, 3.63) is 0 Å². The van der Waals surface area contributed by atoms with Crippen molar-refractivity contribution in [3.8, 4) is 0 Å². The fraction of sp³-hybridized carbons (Fsp3) is 0.778. The lowest BCUT2D eigenvalue weighted by Gasteiger charge is -2.23. The summed E-state index contributed by atoms with van der Waals surface area (Å²) in [5, 5.41) is 0. The van der Waals surface area contributed by atoms with Gasteiger partial charge in [-0.05, 0) is 12.8 Å². The summed E-state index contributed by atoms with van der Waals surface area (Å²) in [5.41, 5.74) is 5.56. The number of nitrogens with two attached hydrogens (primary N) is 1. The van der Waals surface area contributed by atoms with Crippen molar-refractivity contribution < 1.29 is 9.53 Å². The Labute approximate surface area is 89.4 Å². The molecule has 0 aliphatic carbocycles. The number of carbonyl (C=O) groups excluding carboxylic acids is 1. The summed E-state index contributed by atoms with van der Waals surface area (Å²) in [7, 11) is 1.59. The van der Waals surface area contributed by atoms with Gasteiger partial charge in [0.05, 0.1) is 24.1 Å². The molecule has 2 N–H and O–H groups in total. The third kappa shape index (κ3) is 2.65. The Balaban J connectivity index is 2.49. The summed E-state index contributed by atoms with van der Waals surface area (Å²) in [6, 6.07) is -0.0330. The molecule has 0 aromatic heterocycles. The van der Waals surface area contributed by atoms with Crippen LogP contribution in [0, 0.1) is 0 Å². The summed E-state index contributed by atoms with van der Waals surface area (Å²) in [6.07, 6.45) is 2.30. The molecule has 1 saturated heterocycles. The molecule has 0 aromatic rings. The number of nitrogens with zero attached hydrogens (tertiary/aromatic N) is 1. The van der Waals surface area contributed by atoms with E-state index in [1.54, 1.807) is 12.0 Å². The largest absolute Gasteiger partial charge is 0.392 e. The van der Waals surface area contributed by atoms with E-state index < -0.39 is 0 Å². The van der Waals surface area contributed by atoms with Gasteiger partial charge in [0.25, 0.3) is 0 Å². The summed E-state index contributed by atoms with van der Waals surface area (Å²) in [6.45, 7) is 1.23. The molecule has 0 spiro atoms. The third-order valence-corrected chi connectivity index (χ3v) is 2.69. The minimum atomic E-state index is -0.0330. The molecule has 0 aromatic carbocycles. The molecule has 1 unspecified atom stereocenters. The maximum atomic E-state index is 11.6. The van der Waals surface area contributed by atoms with Crippen molar-refractivity contribution in [2.24, 2.45) is 5.73 Å². The fourth-order valence-electron chi connectivity index (χ4n) is 1.69. The molecule has 0 saturated carbocycles. The van der Waals surface area contributed by atoms with E-state index in [9.17, 15) is 4.79 Å². The quantitative estimate of drug-likeness (QED) is 0.687. The molecule has 1 rings (SSSR count). The molecule has 1 fully saturated rings. The molecule has 4 nitrogen and oxygen atoms in total. The van der Waals surface area contributed by atoms with Crippen LogP contribution in [0.15, 0.2) is 0 Å². The number of likely N-dealkylation sites (tertiary alicyclic amines) is 1. The first kappa shape index (κ1) is 11.4. The maximum Gasteiger partial charge on any atom is 0.225 e. The van der Waals surface area contributed by atoms with E-state index in [0.29, 0.717) is 18.0 Å². The average Bonchev–Trinajstić information content (AvgIpc) is 2.62. The lowest BCUT2D eigenvalue weighted by Crippen LogP contribution is -2.43. The SMILES string of the molecule is COCCC(=O)N1CCCC1C(N)=S. The number of carbonyl (C=O) groups is 1. The highest BCUT2D eigenvalue weighted by atomic mass is 32.1. The average molecular weight is 216 g/mol. The zero-order valence-electron chi connectivity index (χ0n) is 8.36. The molecule has 1 amide bonds. The van der Waals surface area contributed by atoms with Gasteiger partial charge in [-0.1, -0.05) is 12.2 Å². The minimum absolute atomic E-state index is 0.0330. The molecule has 14 heavy (non-hydrogen) atoms. The molecule has 5 heteroatoms. The second-order valence-corrected chi connectivity index (χ2v) is 3.86. The zero-order valence-corrected chi connectivity index (χ0v) is 9.18. The number of amides is 1. The van der Waals surface area contributed by atoms with E-state index >= 15 is 0 Å². The van der Waals surface area contributed by atoms with Crippen molar-refractivity contribution in [2.75, 3.05) is 20.3 Å². The van der Waals surface area contributed by atoms with Gasteiger partial charge in [0.2, 0.25) is 5.91 Å². The molecule has 1 heterocycles. The van der Waals surface area contributed by atoms with Crippen LogP contribution in [0.3, 0.4) is 0 Å². The Morgan fingerprint density at radius 1 is 1.71 bits per heavy atom. The van der Waals surface area contributed by atoms with Crippen LogP contribution in [0.25, 0.3) is 0 Å². The van der Waals surface area contributed by atoms with Gasteiger partial charge < -0.3 is 15.4 Å². The Bertz CT molecular complexity index is 233. The number of hydrogen-bond acceptors (Lipinski definition) is 3. The zero-order chi connectivity index (χ0) is 10.6. The van der Waals surface area contributed by atoms with Crippen LogP contribution in [0.4, 0.5) is 0 Å². The smallest absolute Gasteiger partial charge is 0.225 e. The van der Waals surface area contributed by atoms with E-state index in [1.165, 1.54) is 0 Å². The fourth-order valence-corrected chi connectivity index (χ4v) is 1.94. The van der Waals surface area contributed by atoms with Crippen LogP contribution in [-0.2, 0) is 9.53 Å². The Hall–Kier alpha value is -0.680. The molecular formula is C9H16N2O2S. The molecule has 1 aliphatic heterocycles. The van der Waals surface area contributed by atoms with Gasteiger partial charge in [0, 0.05) is 13.7 Å². The number of hydrogen-bond donors (Lipinski definition) is 1. The molecule has 0 radical (unpaired) electrons. The molecule has 1 atom stereocenters. The van der Waals surface area contributed by atoms with E-state index in [2.05, 4.69) is 0 Å². The molecule has 0 bridgehead atoms. The van der Waals surface area contributed by atoms with Gasteiger partial charge in [-0.15, -0.1) is 0 Å². The van der Waals surface area contributed by atoms with E-state index in [0.717, 1.165) is 19.4 Å². The van der Waals surface area contributed by atoms with E-state index in [1.807, 2.05) is 0 Å². The maximum absolute atomic E-state index is 11.6. The van der Waals surface area contributed by atoms with Crippen molar-refractivity contribution in [1.82, 2.24) is 4.90 Å². The summed E-state index contributed by atoms with van der Waals surface area (Å²) >= 11 is 4.92. The monoisotopic (exact) mass is 216 g/mol. The van der Waals surface area contributed by atoms with Crippen molar-refractivity contribution in [2.45, 2.75) is 25.3 Å². The van der Waals surface area contributed by atoms with E-state index in [-0.39, 0.29) is 11.9 Å². The predicted molar refractivity (Wildman–Crippen MR) is 58.0 cm³/mol. The summed E-state index contributed by atoms with van der Waals surface area (Å²) in [4.78, 5) is 13.8. The number of ether oxygens (including phenoxy) is 1. The second-order valence-electron chi connectivity index (χ2n) is 3.39. The van der Waals surface area contributed by atoms with Crippen LogP contribution in [0.5, 0.6) is 0 Å². The van der Waals surface area contributed by atoms with Gasteiger partial charge in [-0.3, -0.25) is 4.79 Å². The van der Waals surface area contributed by atoms with Gasteiger partial charge in [0.1, 0.15) is 0 Å². The van der Waals surface area contributed by atoms with Crippen LogP contribution >= 0.6 is 12.2 Å². The van der Waals surface area contributed by atoms with Crippen LogP contribution in [0.1, 0.15) is 19.3 Å². The number of rotatable bonds is 4. The number of thiocarbonyl (C=S) groups is 1. The highest BCUT2D eigenvalue weighted by Crippen LogP contribution is 2.18. The highest BCUT2D eigenvalue weighted by Gasteiger charge is 2.29. The highest BCUT2D eigenvalue weighted by molar-refractivity contribution is 7.80. The summed E-state index contributed by atoms with van der Waals surface area (Å²) < 4.78 is 4.86. The molecule has 1 aliphatic rings. The third-order valence-electron chi connectivity index (χ3n) is 2.42. The van der Waals surface area contributed by atoms with Crippen molar-refractivity contribution in [1.29, 1.82) is 0 Å². The Kier molecular flexibility index (Phi) is 4.28. The topological polar surface area (TPSA) is 55.6 Å². The van der Waals surface area contributed by atoms with Gasteiger partial charge >= 0.3 is 0 Å². The summed E-state index contributed by atoms with van der Waals surface area (Å²) in [5.74, 6) is 0.0853. The van der Waals surface area contributed by atoms with Crippen LogP contribution < -0.4 is 5.73 Å². The predicted octanol–water partition coefficient (Wildman–Crippen LogP) is 0.300. The number of methoxy groups -OCH3 is 1. The lowest BCUT2D eigenvalue weighted by molar-refractivity contribution is -0.131. The van der Waals surface area contributed by atoms with Crippen LogP contribution in [0.2, 0.25) is 0 Å². The standard InChI is InChI=1S/C9H16N2O2S/c1-13-6-4-8(12)11-5-2-3-7(11)9(10)14/h7H,2-6H2,1H3,(H2,10,14). The second kappa shape index (κ2) is 5.26. The van der Waals surface area contributed by atoms with E-state index in [4.69, 9.17) is 22.7 Å². The lowest BCUT2D eigenvalue weighted by atomic mass is 10.2. The van der Waals surface area contributed by atoms with Gasteiger partial charge in [-0.25, -0.2) is 0 Å². The molecular weight excluding hydrogens is 200 g/mol. The normalized spacial score (nSPS) is 21.2. The Morgan fingerprint density at radius 3 is 3.00 bits per heavy atom. The first-order chi connectivity index (χ1) is 6.66. The van der Waals surface area contributed by atoms with Crippen molar-refractivity contribution in [3.63, 3.8) is 0 Å². The van der Waals surface area contributed by atoms with Gasteiger partial charge in [-0.2, -0.15) is 0 Å². The van der Waals surface area contributed by atoms with Crippen LogP contribution in [-0.4, -0.2) is 42.1 Å². The van der Waals surface area contributed by atoms with Gasteiger partial charge in [0.15, 0.2) is 0 Å². The van der Waals surface area contributed by atoms with Crippen molar-refractivity contribution >= 4 is 23.1 Å².